The molecule has 1 saturated heterocycles. The lowest BCUT2D eigenvalue weighted by atomic mass is 10.0. The summed E-state index contributed by atoms with van der Waals surface area (Å²) < 4.78 is 0. The minimum absolute atomic E-state index is 0.238. The highest BCUT2D eigenvalue weighted by Gasteiger charge is 2.22. The van der Waals surface area contributed by atoms with Crippen LogP contribution >= 0.6 is 0 Å². The van der Waals surface area contributed by atoms with Crippen molar-refractivity contribution in [3.05, 3.63) is 59.8 Å². The molecule has 6 nitrogen and oxygen atoms in total. The van der Waals surface area contributed by atoms with Crippen LogP contribution in [-0.2, 0) is 6.54 Å². The van der Waals surface area contributed by atoms with E-state index in [1.54, 1.807) is 12.1 Å². The van der Waals surface area contributed by atoms with Gasteiger partial charge in [0.1, 0.15) is 0 Å². The Balaban J connectivity index is 1.50. The van der Waals surface area contributed by atoms with Crippen LogP contribution in [0.5, 0.6) is 0 Å². The number of aromatic nitrogens is 2. The predicted octanol–water partition coefficient (Wildman–Crippen LogP) is 3.69. The zero-order chi connectivity index (χ0) is 17.9. The third-order valence-corrected chi connectivity index (χ3v) is 4.95. The van der Waals surface area contributed by atoms with Gasteiger partial charge in [-0.05, 0) is 55.2 Å². The van der Waals surface area contributed by atoms with Crippen molar-refractivity contribution >= 4 is 22.6 Å². The molecule has 2 heterocycles. The summed E-state index contributed by atoms with van der Waals surface area (Å²) in [4.78, 5) is 13.6. The number of likely N-dealkylation sites (tertiary alicyclic amines) is 1. The first-order valence-electron chi connectivity index (χ1n) is 8.95. The molecule has 3 aromatic rings. The second-order valence-electron chi connectivity index (χ2n) is 6.80. The van der Waals surface area contributed by atoms with Gasteiger partial charge in [-0.3, -0.25) is 10.00 Å². The Bertz CT molecular complexity index is 921. The molecule has 0 amide bonds. The summed E-state index contributed by atoms with van der Waals surface area (Å²) in [7, 11) is 0. The molecule has 1 aromatic heterocycles. The number of H-pyrrole nitrogens is 1. The SMILES string of the molecule is O=C(O)c1cccc(CN2CCCCC2Nc2ccc3[nH]ncc3c2)c1. The van der Waals surface area contributed by atoms with E-state index in [1.807, 2.05) is 24.4 Å². The Morgan fingerprint density at radius 2 is 2.19 bits per heavy atom. The first-order valence-corrected chi connectivity index (χ1v) is 8.95. The zero-order valence-electron chi connectivity index (χ0n) is 14.5. The maximum Gasteiger partial charge on any atom is 0.335 e. The summed E-state index contributed by atoms with van der Waals surface area (Å²) >= 11 is 0. The number of hydrogen-bond acceptors (Lipinski definition) is 4. The first-order chi connectivity index (χ1) is 12.7. The van der Waals surface area contributed by atoms with E-state index < -0.39 is 5.97 Å². The van der Waals surface area contributed by atoms with E-state index in [4.69, 9.17) is 0 Å². The predicted molar refractivity (Wildman–Crippen MR) is 101 cm³/mol. The molecule has 2 aromatic carbocycles. The Labute approximate surface area is 151 Å². The number of anilines is 1. The van der Waals surface area contributed by atoms with Gasteiger partial charge in [-0.25, -0.2) is 4.79 Å². The number of rotatable bonds is 5. The van der Waals surface area contributed by atoms with Crippen molar-refractivity contribution in [2.24, 2.45) is 0 Å². The summed E-state index contributed by atoms with van der Waals surface area (Å²) in [6.07, 6.45) is 5.49. The van der Waals surface area contributed by atoms with E-state index in [-0.39, 0.29) is 6.17 Å². The maximum atomic E-state index is 11.2. The van der Waals surface area contributed by atoms with Gasteiger partial charge in [-0.2, -0.15) is 5.10 Å². The molecule has 26 heavy (non-hydrogen) atoms. The smallest absolute Gasteiger partial charge is 0.335 e. The fourth-order valence-corrected chi connectivity index (χ4v) is 3.61. The summed E-state index contributed by atoms with van der Waals surface area (Å²) in [6.45, 7) is 1.75. The summed E-state index contributed by atoms with van der Waals surface area (Å²) in [5, 5.41) is 21.0. The average Bonchev–Trinajstić information content (AvgIpc) is 3.11. The van der Waals surface area contributed by atoms with Crippen LogP contribution in [0.15, 0.2) is 48.7 Å². The fourth-order valence-electron chi connectivity index (χ4n) is 3.61. The number of hydrogen-bond donors (Lipinski definition) is 3. The van der Waals surface area contributed by atoms with Crippen molar-refractivity contribution in [3.63, 3.8) is 0 Å². The molecular weight excluding hydrogens is 328 g/mol. The van der Waals surface area contributed by atoms with Crippen molar-refractivity contribution in [3.8, 4) is 0 Å². The molecule has 1 atom stereocenters. The van der Waals surface area contributed by atoms with Gasteiger partial charge in [0.05, 0.1) is 23.4 Å². The Morgan fingerprint density at radius 1 is 1.27 bits per heavy atom. The molecule has 1 aliphatic rings. The molecule has 1 unspecified atom stereocenters. The summed E-state index contributed by atoms with van der Waals surface area (Å²) in [6, 6.07) is 13.4. The van der Waals surface area contributed by atoms with Crippen LogP contribution in [0.25, 0.3) is 10.9 Å². The highest BCUT2D eigenvalue weighted by molar-refractivity contribution is 5.87. The van der Waals surface area contributed by atoms with Gasteiger partial charge < -0.3 is 10.4 Å². The molecule has 6 heteroatoms. The molecule has 1 aliphatic heterocycles. The van der Waals surface area contributed by atoms with Gasteiger partial charge in [0.15, 0.2) is 0 Å². The minimum Gasteiger partial charge on any atom is -0.478 e. The number of benzene rings is 2. The normalized spacial score (nSPS) is 18.1. The highest BCUT2D eigenvalue weighted by atomic mass is 16.4. The number of nitrogens with one attached hydrogen (secondary N) is 2. The van der Waals surface area contributed by atoms with Crippen molar-refractivity contribution in [1.82, 2.24) is 15.1 Å². The number of carboxylic acid groups (broad SMARTS) is 1. The standard InChI is InChI=1S/C20H22N4O2/c25-20(26)15-5-3-4-14(10-15)13-24-9-2-1-6-19(24)22-17-7-8-18-16(11-17)12-21-23-18/h3-5,7-8,10-12,19,22H,1-2,6,9,13H2,(H,21,23)(H,25,26). The largest absolute Gasteiger partial charge is 0.478 e. The molecule has 134 valence electrons. The molecule has 0 aliphatic carbocycles. The topological polar surface area (TPSA) is 81.2 Å². The average molecular weight is 350 g/mol. The number of aromatic amines is 1. The van der Waals surface area contributed by atoms with E-state index in [0.717, 1.165) is 48.1 Å². The van der Waals surface area contributed by atoms with Gasteiger partial charge in [0, 0.05) is 24.2 Å². The number of carboxylic acids is 1. The minimum atomic E-state index is -0.881. The molecule has 1 fully saturated rings. The number of fused-ring (bicyclic) bond motifs is 1. The maximum absolute atomic E-state index is 11.2. The Hall–Kier alpha value is -2.86. The van der Waals surface area contributed by atoms with Gasteiger partial charge in [0.2, 0.25) is 0 Å². The quantitative estimate of drug-likeness (QED) is 0.654. The molecule has 0 bridgehead atoms. The summed E-state index contributed by atoms with van der Waals surface area (Å²) in [5.41, 5.74) is 3.48. The second kappa shape index (κ2) is 7.17. The van der Waals surface area contributed by atoms with E-state index in [1.165, 1.54) is 6.42 Å². The monoisotopic (exact) mass is 350 g/mol. The van der Waals surface area contributed by atoms with Crippen molar-refractivity contribution in [2.45, 2.75) is 32.0 Å². The van der Waals surface area contributed by atoms with E-state index in [0.29, 0.717) is 5.56 Å². The van der Waals surface area contributed by atoms with Crippen LogP contribution in [0, 0.1) is 0 Å². The second-order valence-corrected chi connectivity index (χ2v) is 6.80. The first kappa shape index (κ1) is 16.6. The van der Waals surface area contributed by atoms with Gasteiger partial charge in [-0.15, -0.1) is 0 Å². The molecule has 3 N–H and O–H groups in total. The van der Waals surface area contributed by atoms with Crippen molar-refractivity contribution < 1.29 is 9.90 Å². The van der Waals surface area contributed by atoms with Crippen LogP contribution in [0.1, 0.15) is 35.2 Å². The number of piperidine rings is 1. The zero-order valence-corrected chi connectivity index (χ0v) is 14.5. The van der Waals surface area contributed by atoms with Crippen molar-refractivity contribution in [1.29, 1.82) is 0 Å². The van der Waals surface area contributed by atoms with Crippen LogP contribution in [0.4, 0.5) is 5.69 Å². The van der Waals surface area contributed by atoms with Crippen LogP contribution in [-0.4, -0.2) is 38.9 Å². The molecular formula is C20H22N4O2. The Morgan fingerprint density at radius 3 is 3.08 bits per heavy atom. The highest BCUT2D eigenvalue weighted by Crippen LogP contribution is 2.24. The fraction of sp³-hybridized carbons (Fsp3) is 0.300. The van der Waals surface area contributed by atoms with Gasteiger partial charge in [0.25, 0.3) is 0 Å². The van der Waals surface area contributed by atoms with Crippen LogP contribution in [0.2, 0.25) is 0 Å². The number of carbonyl (C=O) groups is 1. The lowest BCUT2D eigenvalue weighted by molar-refractivity contribution is 0.0696. The lowest BCUT2D eigenvalue weighted by Crippen LogP contribution is -2.43. The van der Waals surface area contributed by atoms with Crippen molar-refractivity contribution in [2.75, 3.05) is 11.9 Å². The van der Waals surface area contributed by atoms with Gasteiger partial charge in [-0.1, -0.05) is 12.1 Å². The molecule has 0 spiro atoms. The lowest BCUT2D eigenvalue weighted by Gasteiger charge is -2.36. The number of aromatic carboxylic acids is 1. The van der Waals surface area contributed by atoms with Crippen LogP contribution < -0.4 is 5.32 Å². The molecule has 0 radical (unpaired) electrons. The summed E-state index contributed by atoms with van der Waals surface area (Å²) in [5.74, 6) is -0.881. The van der Waals surface area contributed by atoms with E-state index in [9.17, 15) is 9.90 Å². The van der Waals surface area contributed by atoms with Crippen LogP contribution in [0.3, 0.4) is 0 Å². The van der Waals surface area contributed by atoms with E-state index >= 15 is 0 Å². The third-order valence-electron chi connectivity index (χ3n) is 4.95. The Kier molecular flexibility index (Phi) is 4.58. The molecule has 0 saturated carbocycles. The number of nitrogens with zero attached hydrogens (tertiary/aromatic N) is 2. The molecule has 4 rings (SSSR count). The van der Waals surface area contributed by atoms with E-state index in [2.05, 4.69) is 32.5 Å². The third kappa shape index (κ3) is 3.55. The van der Waals surface area contributed by atoms with Gasteiger partial charge >= 0.3 is 5.97 Å².